The van der Waals surface area contributed by atoms with Crippen LogP contribution in [0.1, 0.15) is 11.1 Å². The summed E-state index contributed by atoms with van der Waals surface area (Å²) in [6.07, 6.45) is 0. The first-order valence-electron chi connectivity index (χ1n) is 8.91. The fourth-order valence-electron chi connectivity index (χ4n) is 2.93. The Morgan fingerprint density at radius 1 is 1.03 bits per heavy atom. The molecule has 0 bridgehead atoms. The molecular weight excluding hydrogens is 368 g/mol. The second-order valence-electron chi connectivity index (χ2n) is 6.32. The summed E-state index contributed by atoms with van der Waals surface area (Å²) < 4.78 is 10.5. The van der Waals surface area contributed by atoms with E-state index in [0.29, 0.717) is 34.2 Å². The van der Waals surface area contributed by atoms with Gasteiger partial charge in [-0.25, -0.2) is 14.8 Å². The third-order valence-electron chi connectivity index (χ3n) is 4.39. The summed E-state index contributed by atoms with van der Waals surface area (Å²) in [7, 11) is 0. The van der Waals surface area contributed by atoms with Crippen molar-refractivity contribution in [3.8, 4) is 11.5 Å². The number of aromatic nitrogens is 1. The zero-order chi connectivity index (χ0) is 20.2. The maximum absolute atomic E-state index is 12.3. The quantitative estimate of drug-likeness (QED) is 0.296. The first-order valence-corrected chi connectivity index (χ1v) is 8.91. The Hall–Kier alpha value is -4.06. The lowest BCUT2D eigenvalue weighted by atomic mass is 10.1. The predicted molar refractivity (Wildman–Crippen MR) is 110 cm³/mol. The molecule has 0 radical (unpaired) electrons. The molecule has 4 rings (SSSR count). The van der Waals surface area contributed by atoms with Crippen molar-refractivity contribution in [1.29, 1.82) is 0 Å². The number of fused-ring (bicyclic) bond motifs is 1. The lowest BCUT2D eigenvalue weighted by Crippen LogP contribution is -2.06. The van der Waals surface area contributed by atoms with Gasteiger partial charge in [0.1, 0.15) is 0 Å². The highest BCUT2D eigenvalue weighted by molar-refractivity contribution is 5.99. The minimum absolute atomic E-state index is 0.138. The van der Waals surface area contributed by atoms with Crippen molar-refractivity contribution in [2.24, 2.45) is 4.99 Å². The zero-order valence-electron chi connectivity index (χ0n) is 15.5. The number of nitrogens with zero attached hydrogens (tertiary/aromatic N) is 2. The summed E-state index contributed by atoms with van der Waals surface area (Å²) in [6, 6.07) is 21.5. The Bertz CT molecular complexity index is 1290. The van der Waals surface area contributed by atoms with Gasteiger partial charge in [0.2, 0.25) is 11.8 Å². The molecule has 0 unspecified atom stereocenters. The smallest absolute Gasteiger partial charge is 0.347 e. The normalized spacial score (nSPS) is 11.4. The molecule has 1 aromatic heterocycles. The minimum atomic E-state index is -0.464. The van der Waals surface area contributed by atoms with Crippen molar-refractivity contribution >= 4 is 29.0 Å². The van der Waals surface area contributed by atoms with Crippen molar-refractivity contribution in [3.63, 3.8) is 0 Å². The Morgan fingerprint density at radius 3 is 2.66 bits per heavy atom. The van der Waals surface area contributed by atoms with Gasteiger partial charge < -0.3 is 9.15 Å². The van der Waals surface area contributed by atoms with Crippen LogP contribution in [0.5, 0.6) is 0 Å². The van der Waals surface area contributed by atoms with Gasteiger partial charge in [0.15, 0.2) is 0 Å². The van der Waals surface area contributed by atoms with E-state index in [9.17, 15) is 9.59 Å². The summed E-state index contributed by atoms with van der Waals surface area (Å²) in [5.74, 6) is 0.316. The van der Waals surface area contributed by atoms with Crippen molar-refractivity contribution in [3.05, 3.63) is 94.3 Å². The van der Waals surface area contributed by atoms with E-state index in [4.69, 9.17) is 9.15 Å². The van der Waals surface area contributed by atoms with Crippen LogP contribution in [0.2, 0.25) is 0 Å². The summed E-state index contributed by atoms with van der Waals surface area (Å²) in [6.45, 7) is 2.25. The van der Waals surface area contributed by atoms with Crippen LogP contribution in [0.4, 0.5) is 5.69 Å². The van der Waals surface area contributed by atoms with Crippen LogP contribution in [-0.2, 0) is 9.53 Å². The van der Waals surface area contributed by atoms with Crippen molar-refractivity contribution in [2.75, 3.05) is 0 Å². The number of benzene rings is 3. The molecule has 29 heavy (non-hydrogen) atoms. The number of aryl methyl sites for hydroxylation is 1. The van der Waals surface area contributed by atoms with Crippen LogP contribution in [-0.4, -0.2) is 17.4 Å². The lowest BCUT2D eigenvalue weighted by molar-refractivity contribution is -0.121. The Morgan fingerprint density at radius 2 is 1.83 bits per heavy atom. The van der Waals surface area contributed by atoms with E-state index < -0.39 is 5.63 Å². The Balaban J connectivity index is 1.81. The highest BCUT2D eigenvalue weighted by atomic mass is 16.5. The van der Waals surface area contributed by atoms with E-state index in [0.717, 1.165) is 5.56 Å². The number of rotatable bonds is 4. The molecule has 0 aliphatic carbocycles. The minimum Gasteiger partial charge on any atom is -0.409 e. The molecule has 0 saturated carbocycles. The molecule has 0 saturated heterocycles. The van der Waals surface area contributed by atoms with Crippen LogP contribution in [0.3, 0.4) is 0 Å². The van der Waals surface area contributed by atoms with Crippen LogP contribution in [0.25, 0.3) is 22.4 Å². The van der Waals surface area contributed by atoms with Gasteiger partial charge in [-0.2, -0.15) is 0 Å². The number of hydrogen-bond donors (Lipinski definition) is 0. The Labute approximate surface area is 166 Å². The second kappa shape index (κ2) is 7.90. The molecule has 6 heteroatoms. The maximum atomic E-state index is 12.3. The average molecular weight is 384 g/mol. The number of carbonyl (C=O) groups excluding carboxylic acids is 1. The van der Waals surface area contributed by atoms with E-state index in [2.05, 4.69) is 9.98 Å². The second-order valence-corrected chi connectivity index (χ2v) is 6.32. The number of carbonyl (C=O) groups is 1. The van der Waals surface area contributed by atoms with Crippen LogP contribution < -0.4 is 5.63 Å². The van der Waals surface area contributed by atoms with E-state index in [1.165, 1.54) is 0 Å². The first-order chi connectivity index (χ1) is 14.2. The van der Waals surface area contributed by atoms with Crippen LogP contribution in [0, 0.1) is 6.92 Å². The molecular formula is C23H16N2O4. The van der Waals surface area contributed by atoms with Gasteiger partial charge in [0.05, 0.1) is 16.6 Å². The SMILES string of the molecule is Cc1ccccc1/N=C(\OC=O)c1cccc(-c2nc3ccccc3c(=O)o2)c1. The lowest BCUT2D eigenvalue weighted by Gasteiger charge is -2.07. The van der Waals surface area contributed by atoms with Gasteiger partial charge in [-0.05, 0) is 48.9 Å². The molecule has 0 atom stereocenters. The highest BCUT2D eigenvalue weighted by Crippen LogP contribution is 2.23. The summed E-state index contributed by atoms with van der Waals surface area (Å²) in [5.41, 5.74) is 2.83. The largest absolute Gasteiger partial charge is 0.409 e. The fraction of sp³-hybridized carbons (Fsp3) is 0.0435. The molecule has 0 amide bonds. The summed E-state index contributed by atoms with van der Waals surface area (Å²) in [5, 5.41) is 0.415. The summed E-state index contributed by atoms with van der Waals surface area (Å²) in [4.78, 5) is 32.2. The molecule has 0 aliphatic heterocycles. The third-order valence-corrected chi connectivity index (χ3v) is 4.39. The van der Waals surface area contributed by atoms with E-state index in [1.807, 2.05) is 31.2 Å². The average Bonchev–Trinajstić information content (AvgIpc) is 2.75. The molecule has 0 fully saturated rings. The van der Waals surface area contributed by atoms with E-state index in [-0.39, 0.29) is 11.8 Å². The van der Waals surface area contributed by atoms with Gasteiger partial charge in [-0.3, -0.25) is 4.79 Å². The molecule has 0 aliphatic rings. The highest BCUT2D eigenvalue weighted by Gasteiger charge is 2.12. The van der Waals surface area contributed by atoms with E-state index >= 15 is 0 Å². The maximum Gasteiger partial charge on any atom is 0.347 e. The van der Waals surface area contributed by atoms with E-state index in [1.54, 1.807) is 48.5 Å². The van der Waals surface area contributed by atoms with Gasteiger partial charge in [-0.15, -0.1) is 0 Å². The third kappa shape index (κ3) is 3.82. The van der Waals surface area contributed by atoms with Crippen LogP contribution >= 0.6 is 0 Å². The molecule has 3 aromatic carbocycles. The molecule has 0 spiro atoms. The monoisotopic (exact) mass is 384 g/mol. The predicted octanol–water partition coefficient (Wildman–Crippen LogP) is 4.41. The number of para-hydroxylation sites is 2. The molecule has 1 heterocycles. The van der Waals surface area contributed by atoms with Gasteiger partial charge >= 0.3 is 5.63 Å². The van der Waals surface area contributed by atoms with Gasteiger partial charge in [-0.1, -0.05) is 36.4 Å². The zero-order valence-corrected chi connectivity index (χ0v) is 15.5. The number of ether oxygens (including phenoxy) is 1. The first kappa shape index (κ1) is 18.3. The molecule has 4 aromatic rings. The van der Waals surface area contributed by atoms with Crippen molar-refractivity contribution in [2.45, 2.75) is 6.92 Å². The van der Waals surface area contributed by atoms with Crippen molar-refractivity contribution < 1.29 is 13.9 Å². The van der Waals surface area contributed by atoms with Crippen molar-refractivity contribution in [1.82, 2.24) is 4.98 Å². The fourth-order valence-corrected chi connectivity index (χ4v) is 2.93. The van der Waals surface area contributed by atoms with Gasteiger partial charge in [0.25, 0.3) is 6.47 Å². The number of hydrogen-bond acceptors (Lipinski definition) is 6. The summed E-state index contributed by atoms with van der Waals surface area (Å²) >= 11 is 0. The standard InChI is InChI=1S/C23H16N2O4/c1-15-7-2-4-11-19(15)24-21(28-14-26)16-8-6-9-17(13-16)22-25-20-12-5-3-10-18(20)23(27)29-22/h2-14H,1H3/b24-21-. The van der Waals surface area contributed by atoms with Crippen LogP contribution in [0.15, 0.2) is 87.0 Å². The van der Waals surface area contributed by atoms with Gasteiger partial charge in [0, 0.05) is 11.1 Å². The topological polar surface area (TPSA) is 81.8 Å². The molecule has 0 N–H and O–H groups in total. The molecule has 142 valence electrons. The number of aliphatic imine (C=N–C) groups is 1. The molecule has 6 nitrogen and oxygen atoms in total. The Kier molecular flexibility index (Phi) is 4.99.